The first-order chi connectivity index (χ1) is 9.99. The summed E-state index contributed by atoms with van der Waals surface area (Å²) in [6.45, 7) is 4.99. The van der Waals surface area contributed by atoms with Gasteiger partial charge in [0, 0.05) is 47.8 Å². The summed E-state index contributed by atoms with van der Waals surface area (Å²) in [6.07, 6.45) is 1.78. The fraction of sp³-hybridized carbons (Fsp3) is 0.692. The second kappa shape index (κ2) is 6.93. The molecule has 0 aliphatic carbocycles. The van der Waals surface area contributed by atoms with Gasteiger partial charge >= 0.3 is 0 Å². The molecule has 1 aliphatic rings. The third-order valence-corrected chi connectivity index (χ3v) is 6.88. The lowest BCUT2D eigenvalue weighted by atomic mass is 10.2. The van der Waals surface area contributed by atoms with E-state index in [4.69, 9.17) is 0 Å². The molecule has 1 saturated heterocycles. The van der Waals surface area contributed by atoms with Crippen LogP contribution in [0.1, 0.15) is 18.2 Å². The van der Waals surface area contributed by atoms with E-state index >= 15 is 0 Å². The van der Waals surface area contributed by atoms with E-state index in [0.717, 1.165) is 17.0 Å². The number of sulfone groups is 1. The number of aromatic nitrogens is 2. The molecule has 1 aromatic rings. The van der Waals surface area contributed by atoms with Crippen LogP contribution in [-0.4, -0.2) is 54.6 Å². The van der Waals surface area contributed by atoms with Crippen LogP contribution in [0.2, 0.25) is 0 Å². The van der Waals surface area contributed by atoms with Gasteiger partial charge in [0.15, 0.2) is 9.84 Å². The van der Waals surface area contributed by atoms with Crippen molar-refractivity contribution >= 4 is 27.5 Å². The number of hydrogen-bond donors (Lipinski definition) is 1. The molecular weight excluding hydrogens is 308 g/mol. The summed E-state index contributed by atoms with van der Waals surface area (Å²) in [4.78, 5) is 10.7. The predicted octanol–water partition coefficient (Wildman–Crippen LogP) is 0.818. The Labute approximate surface area is 130 Å². The van der Waals surface area contributed by atoms with E-state index in [1.807, 2.05) is 18.9 Å². The van der Waals surface area contributed by atoms with Crippen LogP contribution in [0.25, 0.3) is 0 Å². The second-order valence-corrected chi connectivity index (χ2v) is 8.58. The van der Waals surface area contributed by atoms with E-state index < -0.39 is 15.2 Å². The van der Waals surface area contributed by atoms with E-state index in [2.05, 4.69) is 15.3 Å². The summed E-state index contributed by atoms with van der Waals surface area (Å²) in [5.74, 6) is 2.15. The fourth-order valence-corrected chi connectivity index (χ4v) is 5.25. The minimum atomic E-state index is -3.14. The maximum absolute atomic E-state index is 12.3. The Bertz CT molecular complexity index is 592. The van der Waals surface area contributed by atoms with Gasteiger partial charge in [0.2, 0.25) is 5.95 Å². The molecule has 2 heterocycles. The van der Waals surface area contributed by atoms with Gasteiger partial charge in [-0.1, -0.05) is 6.92 Å². The summed E-state index contributed by atoms with van der Waals surface area (Å²) in [5, 5.41) is 2.56. The quantitative estimate of drug-likeness (QED) is 0.856. The summed E-state index contributed by atoms with van der Waals surface area (Å²) < 4.78 is 24.5. The largest absolute Gasteiger partial charge is 0.322 e. The molecular formula is C13H22N4O2S2. The fourth-order valence-electron chi connectivity index (χ4n) is 2.28. The van der Waals surface area contributed by atoms with Crippen LogP contribution in [-0.2, 0) is 16.4 Å². The lowest BCUT2D eigenvalue weighted by Crippen LogP contribution is -2.48. The first-order valence-electron chi connectivity index (χ1n) is 7.02. The Morgan fingerprint density at radius 1 is 1.52 bits per heavy atom. The highest BCUT2D eigenvalue weighted by Gasteiger charge is 2.34. The molecule has 0 saturated carbocycles. The van der Waals surface area contributed by atoms with Crippen LogP contribution >= 0.6 is 11.8 Å². The minimum Gasteiger partial charge on any atom is -0.322 e. The van der Waals surface area contributed by atoms with Crippen LogP contribution in [0, 0.1) is 6.92 Å². The maximum atomic E-state index is 12.3. The highest BCUT2D eigenvalue weighted by atomic mass is 32.2. The Hall–Kier alpha value is -0.860. The molecule has 1 aliphatic heterocycles. The third kappa shape index (κ3) is 3.67. The van der Waals surface area contributed by atoms with Gasteiger partial charge < -0.3 is 10.2 Å². The molecule has 0 radical (unpaired) electrons. The van der Waals surface area contributed by atoms with Crippen LogP contribution in [0.3, 0.4) is 0 Å². The SMILES string of the molecule is CCS(=O)(=O)C1CSCCN1c1ncc(CNC)c(C)n1. The monoisotopic (exact) mass is 330 g/mol. The number of thioether (sulfide) groups is 1. The Kier molecular flexibility index (Phi) is 5.45. The highest BCUT2D eigenvalue weighted by Crippen LogP contribution is 2.25. The van der Waals surface area contributed by atoms with Crippen molar-refractivity contribution in [3.05, 3.63) is 17.5 Å². The normalized spacial score (nSPS) is 19.8. The number of nitrogens with zero attached hydrogens (tertiary/aromatic N) is 3. The van der Waals surface area contributed by atoms with Gasteiger partial charge in [-0.3, -0.25) is 0 Å². The van der Waals surface area contributed by atoms with Gasteiger partial charge in [-0.15, -0.1) is 0 Å². The summed E-state index contributed by atoms with van der Waals surface area (Å²) in [5.41, 5.74) is 1.92. The number of rotatable bonds is 5. The lowest BCUT2D eigenvalue weighted by molar-refractivity contribution is 0.577. The van der Waals surface area contributed by atoms with E-state index in [1.54, 1.807) is 24.9 Å². The molecule has 118 valence electrons. The van der Waals surface area contributed by atoms with Gasteiger partial charge in [0.25, 0.3) is 0 Å². The number of anilines is 1. The van der Waals surface area contributed by atoms with Gasteiger partial charge in [-0.2, -0.15) is 11.8 Å². The number of aryl methyl sites for hydroxylation is 1. The minimum absolute atomic E-state index is 0.144. The van der Waals surface area contributed by atoms with Crippen molar-refractivity contribution in [1.29, 1.82) is 0 Å². The van der Waals surface area contributed by atoms with Crippen molar-refractivity contribution in [2.24, 2.45) is 0 Å². The molecule has 21 heavy (non-hydrogen) atoms. The summed E-state index contributed by atoms with van der Waals surface area (Å²) >= 11 is 1.67. The molecule has 0 bridgehead atoms. The molecule has 2 rings (SSSR count). The molecule has 1 aromatic heterocycles. The molecule has 1 N–H and O–H groups in total. The Morgan fingerprint density at radius 2 is 2.29 bits per heavy atom. The van der Waals surface area contributed by atoms with E-state index in [0.29, 0.717) is 24.8 Å². The van der Waals surface area contributed by atoms with Crippen molar-refractivity contribution < 1.29 is 8.42 Å². The van der Waals surface area contributed by atoms with Crippen LogP contribution in [0.4, 0.5) is 5.95 Å². The molecule has 0 amide bonds. The van der Waals surface area contributed by atoms with Crippen molar-refractivity contribution in [3.63, 3.8) is 0 Å². The molecule has 0 spiro atoms. The van der Waals surface area contributed by atoms with Crippen molar-refractivity contribution in [1.82, 2.24) is 15.3 Å². The molecule has 0 aromatic carbocycles. The van der Waals surface area contributed by atoms with E-state index in [9.17, 15) is 8.42 Å². The zero-order chi connectivity index (χ0) is 15.5. The number of hydrogen-bond acceptors (Lipinski definition) is 7. The zero-order valence-electron chi connectivity index (χ0n) is 12.7. The average molecular weight is 330 g/mol. The topological polar surface area (TPSA) is 75.2 Å². The first-order valence-corrected chi connectivity index (χ1v) is 9.89. The summed E-state index contributed by atoms with van der Waals surface area (Å²) in [7, 11) is -1.26. The Morgan fingerprint density at radius 3 is 2.90 bits per heavy atom. The molecule has 1 atom stereocenters. The van der Waals surface area contributed by atoms with Crippen molar-refractivity contribution in [2.45, 2.75) is 25.8 Å². The van der Waals surface area contributed by atoms with Gasteiger partial charge in [0.1, 0.15) is 5.37 Å². The molecule has 8 heteroatoms. The van der Waals surface area contributed by atoms with Crippen LogP contribution < -0.4 is 10.2 Å². The average Bonchev–Trinajstić information content (AvgIpc) is 2.49. The highest BCUT2D eigenvalue weighted by molar-refractivity contribution is 8.01. The van der Waals surface area contributed by atoms with E-state index in [-0.39, 0.29) is 5.75 Å². The van der Waals surface area contributed by atoms with Gasteiger partial charge in [0.05, 0.1) is 0 Å². The van der Waals surface area contributed by atoms with Crippen molar-refractivity contribution in [3.8, 4) is 0 Å². The smallest absolute Gasteiger partial charge is 0.226 e. The third-order valence-electron chi connectivity index (χ3n) is 3.59. The molecule has 1 unspecified atom stereocenters. The standard InChI is InChI=1S/C13H22N4O2S2/c1-4-21(18,19)12-9-20-6-5-17(12)13-15-8-11(7-14-3)10(2)16-13/h8,12,14H,4-7,9H2,1-3H3. The van der Waals surface area contributed by atoms with Gasteiger partial charge in [-0.05, 0) is 14.0 Å². The Balaban J connectivity index is 2.32. The zero-order valence-corrected chi connectivity index (χ0v) is 14.3. The molecule has 6 nitrogen and oxygen atoms in total. The van der Waals surface area contributed by atoms with Crippen LogP contribution in [0.5, 0.6) is 0 Å². The predicted molar refractivity (Wildman–Crippen MR) is 87.5 cm³/mol. The maximum Gasteiger partial charge on any atom is 0.226 e. The van der Waals surface area contributed by atoms with Crippen molar-refractivity contribution in [2.75, 3.05) is 35.8 Å². The van der Waals surface area contributed by atoms with Crippen LogP contribution in [0.15, 0.2) is 6.20 Å². The molecule has 1 fully saturated rings. The van der Waals surface area contributed by atoms with Gasteiger partial charge in [-0.25, -0.2) is 18.4 Å². The second-order valence-electron chi connectivity index (χ2n) is 4.99. The van der Waals surface area contributed by atoms with E-state index in [1.165, 1.54) is 0 Å². The number of nitrogens with one attached hydrogen (secondary N) is 1. The first kappa shape index (κ1) is 16.5. The summed E-state index contributed by atoms with van der Waals surface area (Å²) in [6, 6.07) is 0. The lowest BCUT2D eigenvalue weighted by Gasteiger charge is -2.34.